The zero-order chi connectivity index (χ0) is 25.6. The first-order valence-electron chi connectivity index (χ1n) is 12.6. The molecule has 0 aliphatic carbocycles. The van der Waals surface area contributed by atoms with E-state index in [0.717, 1.165) is 79.8 Å². The molecule has 8 heteroatoms. The first-order chi connectivity index (χ1) is 18.1. The molecule has 2 aromatic carbocycles. The Labute approximate surface area is 215 Å². The van der Waals surface area contributed by atoms with Gasteiger partial charge in [0.2, 0.25) is 6.41 Å². The van der Waals surface area contributed by atoms with Gasteiger partial charge in [0, 0.05) is 49.7 Å². The second-order valence-corrected chi connectivity index (χ2v) is 9.31. The lowest BCUT2D eigenvalue weighted by atomic mass is 10.1. The van der Waals surface area contributed by atoms with Crippen molar-refractivity contribution in [2.24, 2.45) is 0 Å². The van der Waals surface area contributed by atoms with Crippen LogP contribution in [0.4, 0.5) is 21.6 Å². The van der Waals surface area contributed by atoms with Crippen LogP contribution in [0.15, 0.2) is 60.9 Å². The normalized spacial score (nSPS) is 14.0. The lowest BCUT2D eigenvalue weighted by molar-refractivity contribution is -0.105. The number of aryl methyl sites for hydroxylation is 1. The number of carbonyl (C=O) groups is 1. The number of carbonyl (C=O) groups excluding carboxylic acids is 1. The smallest absolute Gasteiger partial charge is 0.211 e. The molecular weight excluding hydrogens is 467 g/mol. The molecule has 1 fully saturated rings. The summed E-state index contributed by atoms with van der Waals surface area (Å²) in [4.78, 5) is 27.5. The average molecular weight is 497 g/mol. The summed E-state index contributed by atoms with van der Waals surface area (Å²) in [6.45, 7) is 11.8. The Balaban J connectivity index is 1.14. The van der Waals surface area contributed by atoms with Crippen LogP contribution in [0.2, 0.25) is 0 Å². The Morgan fingerprint density at radius 2 is 1.86 bits per heavy atom. The standard InChI is InChI=1S/C29H29FN6O/c1-31-25-9-10-27-26(17-25)22(18-32-27)4-2-3-11-35-12-14-36(15-13-35)29-28(34-20-37)16-23(19-33-29)21-5-7-24(30)8-6-21/h5-10,16-20,32H,2-4,11-15H2,(H,34,37). The maximum Gasteiger partial charge on any atom is 0.211 e. The van der Waals surface area contributed by atoms with Gasteiger partial charge in [-0.25, -0.2) is 14.2 Å². The second-order valence-electron chi connectivity index (χ2n) is 9.31. The van der Waals surface area contributed by atoms with E-state index >= 15 is 0 Å². The summed E-state index contributed by atoms with van der Waals surface area (Å²) in [6.07, 6.45) is 7.70. The molecule has 5 rings (SSSR count). The van der Waals surface area contributed by atoms with Crippen molar-refractivity contribution in [1.82, 2.24) is 14.9 Å². The molecule has 2 aromatic heterocycles. The summed E-state index contributed by atoms with van der Waals surface area (Å²) in [5, 5.41) is 3.94. The van der Waals surface area contributed by atoms with Crippen molar-refractivity contribution in [3.05, 3.63) is 83.7 Å². The summed E-state index contributed by atoms with van der Waals surface area (Å²) in [6, 6.07) is 13.9. The van der Waals surface area contributed by atoms with Crippen LogP contribution >= 0.6 is 0 Å². The third kappa shape index (κ3) is 5.63. The third-order valence-corrected chi connectivity index (χ3v) is 6.98. The van der Waals surface area contributed by atoms with Crippen LogP contribution in [0.1, 0.15) is 18.4 Å². The van der Waals surface area contributed by atoms with Crippen molar-refractivity contribution in [2.75, 3.05) is 42.9 Å². The number of hydrogen-bond donors (Lipinski definition) is 2. The molecule has 188 valence electrons. The molecule has 1 aliphatic heterocycles. The van der Waals surface area contributed by atoms with E-state index in [1.807, 2.05) is 24.3 Å². The summed E-state index contributed by atoms with van der Waals surface area (Å²) in [5.41, 5.74) is 5.37. The molecule has 1 aliphatic rings. The van der Waals surface area contributed by atoms with Gasteiger partial charge in [-0.3, -0.25) is 9.69 Å². The Kier molecular flexibility index (Phi) is 7.43. The fourth-order valence-corrected chi connectivity index (χ4v) is 4.96. The predicted octanol–water partition coefficient (Wildman–Crippen LogP) is 5.63. The molecule has 37 heavy (non-hydrogen) atoms. The largest absolute Gasteiger partial charge is 0.361 e. The van der Waals surface area contributed by atoms with Gasteiger partial charge in [0.25, 0.3) is 0 Å². The van der Waals surface area contributed by atoms with Crippen molar-refractivity contribution in [3.8, 4) is 11.1 Å². The van der Waals surface area contributed by atoms with Gasteiger partial charge in [-0.05, 0) is 72.7 Å². The molecule has 0 unspecified atom stereocenters. The summed E-state index contributed by atoms with van der Waals surface area (Å²) in [7, 11) is 0. The molecular formula is C29H29FN6O. The van der Waals surface area contributed by atoms with Gasteiger partial charge in [0.1, 0.15) is 5.82 Å². The van der Waals surface area contributed by atoms with Crippen molar-refractivity contribution in [3.63, 3.8) is 0 Å². The van der Waals surface area contributed by atoms with Gasteiger partial charge >= 0.3 is 0 Å². The molecule has 3 heterocycles. The molecule has 7 nitrogen and oxygen atoms in total. The van der Waals surface area contributed by atoms with Crippen LogP contribution in [0, 0.1) is 12.4 Å². The Morgan fingerprint density at radius 1 is 1.05 bits per heavy atom. The van der Waals surface area contributed by atoms with E-state index in [1.165, 1.54) is 17.7 Å². The number of pyridine rings is 1. The van der Waals surface area contributed by atoms with Crippen LogP contribution in [0.25, 0.3) is 26.9 Å². The van der Waals surface area contributed by atoms with E-state index in [1.54, 1.807) is 18.3 Å². The summed E-state index contributed by atoms with van der Waals surface area (Å²) in [5.74, 6) is 0.473. The highest BCUT2D eigenvalue weighted by Gasteiger charge is 2.20. The Morgan fingerprint density at radius 3 is 2.62 bits per heavy atom. The minimum Gasteiger partial charge on any atom is -0.361 e. The van der Waals surface area contributed by atoms with Crippen molar-refractivity contribution >= 4 is 34.5 Å². The molecule has 2 N–H and O–H groups in total. The monoisotopic (exact) mass is 496 g/mol. The van der Waals surface area contributed by atoms with Gasteiger partial charge in [-0.1, -0.05) is 18.2 Å². The first kappa shape index (κ1) is 24.5. The van der Waals surface area contributed by atoms with Crippen LogP contribution in [-0.2, 0) is 11.2 Å². The van der Waals surface area contributed by atoms with Crippen molar-refractivity contribution in [1.29, 1.82) is 0 Å². The highest BCUT2D eigenvalue weighted by atomic mass is 19.1. The fraction of sp³-hybridized carbons (Fsp3) is 0.276. The van der Waals surface area contributed by atoms with Gasteiger partial charge < -0.3 is 15.2 Å². The number of aromatic amines is 1. The number of fused-ring (bicyclic) bond motifs is 1. The maximum atomic E-state index is 13.3. The van der Waals surface area contributed by atoms with Crippen LogP contribution in [0.3, 0.4) is 0 Å². The number of halogens is 1. The Hall–Kier alpha value is -4.22. The topological polar surface area (TPSA) is 68.6 Å². The molecule has 0 spiro atoms. The highest BCUT2D eigenvalue weighted by Crippen LogP contribution is 2.30. The van der Waals surface area contributed by atoms with E-state index in [9.17, 15) is 9.18 Å². The molecule has 0 bridgehead atoms. The number of H-pyrrole nitrogens is 1. The molecule has 0 radical (unpaired) electrons. The number of anilines is 2. The number of aromatic nitrogens is 2. The van der Waals surface area contributed by atoms with E-state index in [2.05, 4.69) is 36.1 Å². The van der Waals surface area contributed by atoms with E-state index in [-0.39, 0.29) is 5.82 Å². The minimum atomic E-state index is -0.286. The van der Waals surface area contributed by atoms with Crippen LogP contribution < -0.4 is 10.2 Å². The lowest BCUT2D eigenvalue weighted by Crippen LogP contribution is -2.47. The number of unbranched alkanes of at least 4 members (excludes halogenated alkanes) is 1. The van der Waals surface area contributed by atoms with Crippen molar-refractivity contribution in [2.45, 2.75) is 19.3 Å². The fourth-order valence-electron chi connectivity index (χ4n) is 4.96. The number of amides is 1. The first-order valence-corrected chi connectivity index (χ1v) is 12.6. The van der Waals surface area contributed by atoms with Gasteiger partial charge in [0.05, 0.1) is 12.3 Å². The van der Waals surface area contributed by atoms with Crippen molar-refractivity contribution < 1.29 is 9.18 Å². The molecule has 0 atom stereocenters. The lowest BCUT2D eigenvalue weighted by Gasteiger charge is -2.36. The minimum absolute atomic E-state index is 0.286. The second kappa shape index (κ2) is 11.2. The predicted molar refractivity (Wildman–Crippen MR) is 145 cm³/mol. The van der Waals surface area contributed by atoms with E-state index < -0.39 is 0 Å². The number of piperazine rings is 1. The number of nitrogens with one attached hydrogen (secondary N) is 2. The quantitative estimate of drug-likeness (QED) is 0.179. The van der Waals surface area contributed by atoms with Crippen LogP contribution in [-0.4, -0.2) is 54.0 Å². The van der Waals surface area contributed by atoms with E-state index in [4.69, 9.17) is 6.57 Å². The molecule has 1 amide bonds. The molecule has 4 aromatic rings. The Bertz CT molecular complexity index is 1420. The number of nitrogens with zero attached hydrogens (tertiary/aromatic N) is 4. The number of hydrogen-bond acceptors (Lipinski definition) is 4. The SMILES string of the molecule is [C-]#[N+]c1ccc2[nH]cc(CCCCN3CCN(c4ncc(-c5ccc(F)cc5)cc4NC=O)CC3)c2c1. The zero-order valence-corrected chi connectivity index (χ0v) is 20.6. The third-order valence-electron chi connectivity index (χ3n) is 6.98. The van der Waals surface area contributed by atoms with Crippen LogP contribution in [0.5, 0.6) is 0 Å². The van der Waals surface area contributed by atoms with E-state index in [0.29, 0.717) is 17.8 Å². The average Bonchev–Trinajstić information content (AvgIpc) is 3.34. The maximum absolute atomic E-state index is 13.3. The van der Waals surface area contributed by atoms with Gasteiger partial charge in [0.15, 0.2) is 11.5 Å². The number of rotatable bonds is 9. The number of benzene rings is 2. The molecule has 0 saturated carbocycles. The summed E-state index contributed by atoms with van der Waals surface area (Å²) >= 11 is 0. The highest BCUT2D eigenvalue weighted by molar-refractivity contribution is 5.86. The molecule has 1 saturated heterocycles. The van der Waals surface area contributed by atoms with Gasteiger partial charge in [-0.2, -0.15) is 0 Å². The summed E-state index contributed by atoms with van der Waals surface area (Å²) < 4.78 is 13.3. The van der Waals surface area contributed by atoms with Gasteiger partial charge in [-0.15, -0.1) is 0 Å². The zero-order valence-electron chi connectivity index (χ0n) is 20.6.